The van der Waals surface area contributed by atoms with Crippen molar-refractivity contribution in [1.29, 1.82) is 0 Å². The standard InChI is InChI=1S/C19H18N2OS/c22-18(20-13-12-15-6-2-1-3-7-15)14-23-19-11-10-16-8-4-5-9-17(16)21-19/h1-11H,12-14H2,(H,20,22). The Kier molecular flexibility index (Phi) is 5.27. The number of carbonyl (C=O) groups is 1. The second kappa shape index (κ2) is 7.79. The van der Waals surface area contributed by atoms with E-state index in [1.54, 1.807) is 0 Å². The van der Waals surface area contributed by atoms with Crippen molar-refractivity contribution in [3.05, 3.63) is 72.3 Å². The summed E-state index contributed by atoms with van der Waals surface area (Å²) in [6.07, 6.45) is 0.853. The van der Waals surface area contributed by atoms with Crippen molar-refractivity contribution < 1.29 is 4.79 Å². The van der Waals surface area contributed by atoms with Gasteiger partial charge in [-0.25, -0.2) is 4.98 Å². The highest BCUT2D eigenvalue weighted by Crippen LogP contribution is 2.19. The van der Waals surface area contributed by atoms with E-state index in [4.69, 9.17) is 0 Å². The minimum absolute atomic E-state index is 0.0425. The number of rotatable bonds is 6. The van der Waals surface area contributed by atoms with Crippen molar-refractivity contribution in [2.75, 3.05) is 12.3 Å². The third-order valence-electron chi connectivity index (χ3n) is 3.50. The molecule has 0 spiro atoms. The Morgan fingerprint density at radius 2 is 1.74 bits per heavy atom. The normalized spacial score (nSPS) is 10.6. The van der Waals surface area contributed by atoms with E-state index in [1.165, 1.54) is 17.3 Å². The number of amides is 1. The van der Waals surface area contributed by atoms with Gasteiger partial charge in [0.1, 0.15) is 0 Å². The van der Waals surface area contributed by atoms with Gasteiger partial charge < -0.3 is 5.32 Å². The lowest BCUT2D eigenvalue weighted by Gasteiger charge is -2.06. The van der Waals surface area contributed by atoms with E-state index in [-0.39, 0.29) is 5.91 Å². The van der Waals surface area contributed by atoms with Crippen LogP contribution < -0.4 is 5.32 Å². The molecule has 23 heavy (non-hydrogen) atoms. The van der Waals surface area contributed by atoms with Crippen LogP contribution in [0.5, 0.6) is 0 Å². The van der Waals surface area contributed by atoms with Crippen LogP contribution in [0.15, 0.2) is 71.8 Å². The number of hydrogen-bond donors (Lipinski definition) is 1. The van der Waals surface area contributed by atoms with Crippen LogP contribution in [-0.4, -0.2) is 23.2 Å². The first-order chi connectivity index (χ1) is 11.3. The van der Waals surface area contributed by atoms with Crippen LogP contribution in [0.2, 0.25) is 0 Å². The molecule has 0 radical (unpaired) electrons. The molecule has 0 unspecified atom stereocenters. The van der Waals surface area contributed by atoms with Gasteiger partial charge in [-0.15, -0.1) is 0 Å². The summed E-state index contributed by atoms with van der Waals surface area (Å²) >= 11 is 1.47. The fourth-order valence-electron chi connectivity index (χ4n) is 2.31. The third kappa shape index (κ3) is 4.57. The van der Waals surface area contributed by atoms with E-state index in [0.717, 1.165) is 22.3 Å². The van der Waals surface area contributed by atoms with Crippen molar-refractivity contribution in [3.8, 4) is 0 Å². The first-order valence-electron chi connectivity index (χ1n) is 7.60. The molecule has 2 aromatic carbocycles. The molecule has 3 aromatic rings. The van der Waals surface area contributed by atoms with Crippen LogP contribution in [0.25, 0.3) is 10.9 Å². The number of nitrogens with zero attached hydrogens (tertiary/aromatic N) is 1. The van der Waals surface area contributed by atoms with Gasteiger partial charge in [0.2, 0.25) is 5.91 Å². The Morgan fingerprint density at radius 1 is 0.957 bits per heavy atom. The summed E-state index contributed by atoms with van der Waals surface area (Å²) in [5.41, 5.74) is 2.19. The number of thioether (sulfide) groups is 1. The molecule has 4 heteroatoms. The van der Waals surface area contributed by atoms with Gasteiger partial charge in [0.15, 0.2) is 0 Å². The zero-order valence-electron chi connectivity index (χ0n) is 12.7. The average molecular weight is 322 g/mol. The SMILES string of the molecule is O=C(CSc1ccc2ccccc2n1)NCCc1ccccc1. The summed E-state index contributed by atoms with van der Waals surface area (Å²) in [5, 5.41) is 4.94. The number of pyridine rings is 1. The molecule has 116 valence electrons. The molecule has 1 heterocycles. The Labute approximate surface area is 140 Å². The van der Waals surface area contributed by atoms with Crippen LogP contribution in [0.3, 0.4) is 0 Å². The first kappa shape index (κ1) is 15.6. The lowest BCUT2D eigenvalue weighted by atomic mass is 10.1. The summed E-state index contributed by atoms with van der Waals surface area (Å²) in [5.74, 6) is 0.432. The highest BCUT2D eigenvalue weighted by Gasteiger charge is 2.04. The van der Waals surface area contributed by atoms with Gasteiger partial charge in [-0.05, 0) is 24.1 Å². The maximum absolute atomic E-state index is 11.9. The molecule has 1 aromatic heterocycles. The molecule has 3 nitrogen and oxygen atoms in total. The van der Waals surface area contributed by atoms with Crippen LogP contribution in [0.1, 0.15) is 5.56 Å². The van der Waals surface area contributed by atoms with Gasteiger partial charge in [-0.3, -0.25) is 4.79 Å². The van der Waals surface area contributed by atoms with E-state index in [9.17, 15) is 4.79 Å². The average Bonchev–Trinajstić information content (AvgIpc) is 2.61. The summed E-state index contributed by atoms with van der Waals surface area (Å²) in [7, 11) is 0. The molecule has 0 aliphatic rings. The van der Waals surface area contributed by atoms with E-state index in [0.29, 0.717) is 12.3 Å². The predicted octanol–water partition coefficient (Wildman–Crippen LogP) is 3.69. The van der Waals surface area contributed by atoms with Crippen molar-refractivity contribution in [1.82, 2.24) is 10.3 Å². The topological polar surface area (TPSA) is 42.0 Å². The Balaban J connectivity index is 1.46. The van der Waals surface area contributed by atoms with E-state index in [1.807, 2.05) is 54.6 Å². The van der Waals surface area contributed by atoms with E-state index < -0.39 is 0 Å². The largest absolute Gasteiger partial charge is 0.355 e. The van der Waals surface area contributed by atoms with Crippen molar-refractivity contribution >= 4 is 28.6 Å². The predicted molar refractivity (Wildman–Crippen MR) is 95.6 cm³/mol. The fourth-order valence-corrected chi connectivity index (χ4v) is 3.02. The Bertz CT molecular complexity index is 789. The minimum Gasteiger partial charge on any atom is -0.355 e. The maximum atomic E-state index is 11.9. The highest BCUT2D eigenvalue weighted by atomic mass is 32.2. The number of benzene rings is 2. The number of hydrogen-bond acceptors (Lipinski definition) is 3. The molecule has 1 amide bonds. The van der Waals surface area contributed by atoms with Gasteiger partial charge in [0.05, 0.1) is 16.3 Å². The molecule has 0 aliphatic carbocycles. The Morgan fingerprint density at radius 3 is 2.61 bits per heavy atom. The summed E-state index contributed by atoms with van der Waals surface area (Å²) in [4.78, 5) is 16.5. The van der Waals surface area contributed by atoms with Crippen LogP contribution in [-0.2, 0) is 11.2 Å². The van der Waals surface area contributed by atoms with Crippen molar-refractivity contribution in [3.63, 3.8) is 0 Å². The lowest BCUT2D eigenvalue weighted by molar-refractivity contribution is -0.118. The Hall–Kier alpha value is -2.33. The number of fused-ring (bicyclic) bond motifs is 1. The second-order valence-electron chi connectivity index (χ2n) is 5.22. The molecule has 1 N–H and O–H groups in total. The van der Waals surface area contributed by atoms with Crippen LogP contribution >= 0.6 is 11.8 Å². The molecule has 0 saturated carbocycles. The lowest BCUT2D eigenvalue weighted by Crippen LogP contribution is -2.27. The summed E-state index contributed by atoms with van der Waals surface area (Å²) in [6.45, 7) is 0.661. The molecular weight excluding hydrogens is 304 g/mol. The number of para-hydroxylation sites is 1. The summed E-state index contributed by atoms with van der Waals surface area (Å²) in [6, 6.07) is 22.2. The number of nitrogens with one attached hydrogen (secondary N) is 1. The fraction of sp³-hybridized carbons (Fsp3) is 0.158. The van der Waals surface area contributed by atoms with Gasteiger partial charge in [0, 0.05) is 11.9 Å². The highest BCUT2D eigenvalue weighted by molar-refractivity contribution is 7.99. The van der Waals surface area contributed by atoms with Gasteiger partial charge in [-0.2, -0.15) is 0 Å². The van der Waals surface area contributed by atoms with Crippen molar-refractivity contribution in [2.45, 2.75) is 11.4 Å². The molecular formula is C19H18N2OS. The van der Waals surface area contributed by atoms with Crippen molar-refractivity contribution in [2.24, 2.45) is 0 Å². The van der Waals surface area contributed by atoms with Crippen LogP contribution in [0.4, 0.5) is 0 Å². The van der Waals surface area contributed by atoms with Gasteiger partial charge in [0.25, 0.3) is 0 Å². The molecule has 0 aliphatic heterocycles. The molecule has 0 atom stereocenters. The smallest absolute Gasteiger partial charge is 0.230 e. The molecule has 3 rings (SSSR count). The molecule has 0 fully saturated rings. The van der Waals surface area contributed by atoms with Gasteiger partial charge in [-0.1, -0.05) is 66.4 Å². The molecule has 0 saturated heterocycles. The van der Waals surface area contributed by atoms with Crippen LogP contribution in [0, 0.1) is 0 Å². The zero-order valence-corrected chi connectivity index (χ0v) is 13.6. The van der Waals surface area contributed by atoms with E-state index >= 15 is 0 Å². The quantitative estimate of drug-likeness (QED) is 0.704. The number of aromatic nitrogens is 1. The summed E-state index contributed by atoms with van der Waals surface area (Å²) < 4.78 is 0. The second-order valence-corrected chi connectivity index (χ2v) is 6.21. The first-order valence-corrected chi connectivity index (χ1v) is 8.59. The zero-order chi connectivity index (χ0) is 15.9. The van der Waals surface area contributed by atoms with E-state index in [2.05, 4.69) is 22.4 Å². The monoisotopic (exact) mass is 322 g/mol. The molecule has 0 bridgehead atoms. The maximum Gasteiger partial charge on any atom is 0.230 e. The number of carbonyl (C=O) groups excluding carboxylic acids is 1. The minimum atomic E-state index is 0.0425. The third-order valence-corrected chi connectivity index (χ3v) is 4.43. The van der Waals surface area contributed by atoms with Gasteiger partial charge >= 0.3 is 0 Å².